The lowest BCUT2D eigenvalue weighted by Crippen LogP contribution is -2.54. The minimum Gasteiger partial charge on any atom is -0.609 e. The van der Waals surface area contributed by atoms with Crippen molar-refractivity contribution in [2.45, 2.75) is 11.8 Å². The molecule has 2 heterocycles. The van der Waals surface area contributed by atoms with Crippen LogP contribution in [0.2, 0.25) is 0 Å². The summed E-state index contributed by atoms with van der Waals surface area (Å²) in [5.74, 6) is 1.74. The zero-order valence-electron chi connectivity index (χ0n) is 11.9. The number of fused-ring (bicyclic) bond motifs is 2. The first kappa shape index (κ1) is 13.3. The topological polar surface area (TPSA) is 71.1 Å². The molecule has 0 amide bonds. The number of hydrogen-bond acceptors (Lipinski definition) is 6. The molecule has 1 spiro atoms. The van der Waals surface area contributed by atoms with Crippen LogP contribution in [0.5, 0.6) is 23.0 Å². The van der Waals surface area contributed by atoms with Crippen LogP contribution in [0, 0.1) is 6.92 Å². The van der Waals surface area contributed by atoms with E-state index in [4.69, 9.17) is 18.6 Å². The number of hydrogen-bond donors (Lipinski definition) is 0. The van der Waals surface area contributed by atoms with Crippen LogP contribution in [0.1, 0.15) is 5.56 Å². The monoisotopic (exact) mass is 319 g/mol. The zero-order valence-corrected chi connectivity index (χ0v) is 12.7. The van der Waals surface area contributed by atoms with E-state index in [-0.39, 0.29) is 10.6 Å². The van der Waals surface area contributed by atoms with Gasteiger partial charge in [0.15, 0.2) is 9.84 Å². The van der Waals surface area contributed by atoms with Crippen LogP contribution in [0.25, 0.3) is 0 Å². The minimum atomic E-state index is -3.33. The molecule has 4 rings (SSSR count). The van der Waals surface area contributed by atoms with Crippen molar-refractivity contribution < 1.29 is 27.0 Å². The van der Waals surface area contributed by atoms with Gasteiger partial charge in [-0.05, 0) is 42.8 Å². The predicted molar refractivity (Wildman–Crippen MR) is 79.0 cm³/mol. The second kappa shape index (κ2) is 4.10. The Balaban J connectivity index is 1.69. The summed E-state index contributed by atoms with van der Waals surface area (Å²) in [6, 6.07) is 9.88. The van der Waals surface area contributed by atoms with E-state index < -0.39 is 16.8 Å². The highest BCUT2D eigenvalue weighted by molar-refractivity contribution is 7.90. The van der Waals surface area contributed by atoms with Gasteiger partial charge in [0.1, 0.15) is 23.0 Å². The first-order chi connectivity index (χ1) is 10.3. The van der Waals surface area contributed by atoms with E-state index in [2.05, 4.69) is 0 Å². The highest BCUT2D eigenvalue weighted by Gasteiger charge is 2.51. The molecule has 1 unspecified atom stereocenters. The van der Waals surface area contributed by atoms with Crippen molar-refractivity contribution in [3.8, 4) is 23.0 Å². The lowest BCUT2D eigenvalue weighted by molar-refractivity contribution is 0.224. The minimum absolute atomic E-state index is 0.147. The highest BCUT2D eigenvalue weighted by atomic mass is 32.2. The third-order valence-corrected chi connectivity index (χ3v) is 4.64. The molecular formula is C14H12BO6S-. The molecule has 0 saturated heterocycles. The van der Waals surface area contributed by atoms with Crippen LogP contribution in [-0.2, 0) is 9.84 Å². The lowest BCUT2D eigenvalue weighted by Gasteiger charge is -2.27. The molecule has 114 valence electrons. The smallest absolute Gasteiger partial charge is 0.609 e. The molecule has 0 radical (unpaired) electrons. The Morgan fingerprint density at radius 2 is 1.36 bits per heavy atom. The average Bonchev–Trinajstić information content (AvgIpc) is 2.94. The van der Waals surface area contributed by atoms with Gasteiger partial charge in [0.25, 0.3) is 0 Å². The maximum Gasteiger partial charge on any atom is 0.777 e. The summed E-state index contributed by atoms with van der Waals surface area (Å²) in [6.07, 6.45) is 1.13. The van der Waals surface area contributed by atoms with Crippen molar-refractivity contribution in [1.82, 2.24) is 0 Å². The third-order valence-electron chi connectivity index (χ3n) is 3.53. The van der Waals surface area contributed by atoms with Crippen molar-refractivity contribution in [2.24, 2.45) is 0 Å². The molecule has 2 aliphatic rings. The first-order valence-electron chi connectivity index (χ1n) is 6.68. The first-order valence-corrected chi connectivity index (χ1v) is 8.57. The number of aryl methyl sites for hydroxylation is 1. The standard InChI is InChI=1S/C14H12BO6S/c1-9-3-5-11-13(7-9)20-15(18-11)19-12-6-4-10(22(2,16)17)8-14(12)21-15/h3-8H,1-2H3/q-1. The summed E-state index contributed by atoms with van der Waals surface area (Å²) in [6.45, 7) is -0.535. The Morgan fingerprint density at radius 3 is 2.00 bits per heavy atom. The third kappa shape index (κ3) is 1.99. The fourth-order valence-electron chi connectivity index (χ4n) is 2.48. The van der Waals surface area contributed by atoms with Gasteiger partial charge in [-0.25, -0.2) is 8.42 Å². The van der Waals surface area contributed by atoms with Crippen LogP contribution in [0.15, 0.2) is 41.3 Å². The fourth-order valence-corrected chi connectivity index (χ4v) is 3.12. The molecule has 0 aromatic heterocycles. The zero-order chi connectivity index (χ0) is 15.5. The Hall–Kier alpha value is -2.35. The molecule has 0 saturated carbocycles. The molecule has 0 N–H and O–H groups in total. The molecule has 0 aliphatic carbocycles. The van der Waals surface area contributed by atoms with Gasteiger partial charge in [-0.1, -0.05) is 6.07 Å². The number of benzene rings is 2. The highest BCUT2D eigenvalue weighted by Crippen LogP contribution is 2.45. The largest absolute Gasteiger partial charge is 0.777 e. The van der Waals surface area contributed by atoms with E-state index in [0.717, 1.165) is 11.8 Å². The molecule has 6 nitrogen and oxygen atoms in total. The molecule has 0 bridgehead atoms. The predicted octanol–water partition coefficient (Wildman–Crippen LogP) is 2.08. The summed E-state index contributed by atoms with van der Waals surface area (Å²) in [7, 11) is -3.33. The van der Waals surface area contributed by atoms with Gasteiger partial charge in [0.2, 0.25) is 0 Å². The maximum atomic E-state index is 11.6. The van der Waals surface area contributed by atoms with Crippen molar-refractivity contribution in [3.05, 3.63) is 42.0 Å². The van der Waals surface area contributed by atoms with Gasteiger partial charge in [0.05, 0.1) is 4.90 Å². The molecule has 22 heavy (non-hydrogen) atoms. The maximum absolute atomic E-state index is 11.6. The second-order valence-corrected chi connectivity index (χ2v) is 7.40. The SMILES string of the molecule is Cc1ccc2c(c1)O[B-]1(O2)Oc2ccc(S(C)(=O)=O)cc2O1. The van der Waals surface area contributed by atoms with Crippen molar-refractivity contribution in [2.75, 3.05) is 6.26 Å². The molecule has 0 fully saturated rings. The van der Waals surface area contributed by atoms with Gasteiger partial charge >= 0.3 is 6.96 Å². The lowest BCUT2D eigenvalue weighted by atomic mass is 10.1. The molecular weight excluding hydrogens is 307 g/mol. The van der Waals surface area contributed by atoms with Crippen molar-refractivity contribution in [3.63, 3.8) is 0 Å². The van der Waals surface area contributed by atoms with Crippen LogP contribution < -0.4 is 18.6 Å². The van der Waals surface area contributed by atoms with Gasteiger partial charge in [0, 0.05) is 6.26 Å². The van der Waals surface area contributed by atoms with Crippen LogP contribution >= 0.6 is 0 Å². The molecule has 2 aliphatic heterocycles. The van der Waals surface area contributed by atoms with Crippen molar-refractivity contribution >= 4 is 16.8 Å². The van der Waals surface area contributed by atoms with Crippen molar-refractivity contribution in [1.29, 1.82) is 0 Å². The van der Waals surface area contributed by atoms with E-state index in [1.807, 2.05) is 19.1 Å². The average molecular weight is 319 g/mol. The summed E-state index contributed by atoms with van der Waals surface area (Å²) in [5, 5.41) is 0. The number of rotatable bonds is 1. The second-order valence-electron chi connectivity index (χ2n) is 5.38. The Kier molecular flexibility index (Phi) is 2.48. The normalized spacial score (nSPS) is 21.4. The summed E-state index contributed by atoms with van der Waals surface area (Å²) < 4.78 is 45.9. The van der Waals surface area contributed by atoms with E-state index in [1.165, 1.54) is 18.2 Å². The van der Waals surface area contributed by atoms with Gasteiger partial charge in [-0.15, -0.1) is 0 Å². The van der Waals surface area contributed by atoms with E-state index in [0.29, 0.717) is 17.2 Å². The molecule has 2 aromatic carbocycles. The summed E-state index contributed by atoms with van der Waals surface area (Å²) in [4.78, 5) is 0.147. The Labute approximate surface area is 127 Å². The summed E-state index contributed by atoms with van der Waals surface area (Å²) >= 11 is 0. The van der Waals surface area contributed by atoms with Crippen LogP contribution in [-0.4, -0.2) is 21.6 Å². The fraction of sp³-hybridized carbons (Fsp3) is 0.143. The molecule has 1 atom stereocenters. The molecule has 2 aromatic rings. The summed E-state index contributed by atoms with van der Waals surface area (Å²) in [5.41, 5.74) is 1.02. The van der Waals surface area contributed by atoms with Crippen LogP contribution in [0.3, 0.4) is 0 Å². The quantitative estimate of drug-likeness (QED) is 0.750. The number of sulfone groups is 1. The molecule has 8 heteroatoms. The Morgan fingerprint density at radius 1 is 0.818 bits per heavy atom. The van der Waals surface area contributed by atoms with Gasteiger partial charge in [-0.2, -0.15) is 0 Å². The van der Waals surface area contributed by atoms with E-state index in [1.54, 1.807) is 6.07 Å². The van der Waals surface area contributed by atoms with E-state index in [9.17, 15) is 8.42 Å². The van der Waals surface area contributed by atoms with Gasteiger partial charge < -0.3 is 18.6 Å². The Bertz CT molecular complexity index is 894. The van der Waals surface area contributed by atoms with E-state index >= 15 is 0 Å². The van der Waals surface area contributed by atoms with Gasteiger partial charge in [-0.3, -0.25) is 0 Å². The van der Waals surface area contributed by atoms with Crippen LogP contribution in [0.4, 0.5) is 0 Å².